The van der Waals surface area contributed by atoms with Crippen molar-refractivity contribution < 1.29 is 4.74 Å². The molecule has 0 spiro atoms. The van der Waals surface area contributed by atoms with E-state index in [0.29, 0.717) is 6.04 Å². The maximum absolute atomic E-state index is 6.15. The molecule has 2 aliphatic heterocycles. The van der Waals surface area contributed by atoms with Gasteiger partial charge in [0.05, 0.1) is 0 Å². The van der Waals surface area contributed by atoms with Crippen molar-refractivity contribution >= 4 is 0 Å². The number of piperidine rings is 2. The first-order valence-electron chi connectivity index (χ1n) is 9.74. The molecule has 0 saturated carbocycles. The quantitative estimate of drug-likeness (QED) is 0.834. The Labute approximate surface area is 147 Å². The average molecular weight is 332 g/mol. The smallest absolute Gasteiger partial charge is 0.123 e. The number of hydrogen-bond donors (Lipinski definition) is 1. The van der Waals surface area contributed by atoms with Crippen molar-refractivity contribution in [3.63, 3.8) is 0 Å². The van der Waals surface area contributed by atoms with Gasteiger partial charge in [0, 0.05) is 31.2 Å². The van der Waals surface area contributed by atoms with Crippen LogP contribution >= 0.6 is 0 Å². The molecular formula is C20H33N3O. The predicted molar refractivity (Wildman–Crippen MR) is 99.3 cm³/mol. The lowest BCUT2D eigenvalue weighted by molar-refractivity contribution is 0.141. The Kier molecular flexibility index (Phi) is 6.94. The number of benzene rings is 1. The van der Waals surface area contributed by atoms with Gasteiger partial charge in [-0.2, -0.15) is 0 Å². The van der Waals surface area contributed by atoms with Crippen molar-refractivity contribution in [2.45, 2.75) is 51.1 Å². The van der Waals surface area contributed by atoms with Gasteiger partial charge in [0.15, 0.2) is 0 Å². The summed E-state index contributed by atoms with van der Waals surface area (Å²) in [4.78, 5) is 5.07. The van der Waals surface area contributed by atoms with Gasteiger partial charge in [-0.05, 0) is 51.4 Å². The molecule has 134 valence electrons. The van der Waals surface area contributed by atoms with Crippen molar-refractivity contribution in [2.24, 2.45) is 5.73 Å². The molecule has 0 unspecified atom stereocenters. The third-order valence-corrected chi connectivity index (χ3v) is 5.48. The number of para-hydroxylation sites is 1. The summed E-state index contributed by atoms with van der Waals surface area (Å²) in [5.74, 6) is 1.05. The maximum atomic E-state index is 6.15. The van der Waals surface area contributed by atoms with Crippen LogP contribution < -0.4 is 10.5 Å². The van der Waals surface area contributed by atoms with Crippen LogP contribution in [0.1, 0.15) is 44.1 Å². The molecular weight excluding hydrogens is 298 g/mol. The SMILES string of the molecule is NC[C@@H]1CCCCN1Cc1ccccc1OCCN1CCCCC1. The van der Waals surface area contributed by atoms with Crippen LogP contribution in [0.3, 0.4) is 0 Å². The molecule has 1 aromatic rings. The highest BCUT2D eigenvalue weighted by molar-refractivity contribution is 5.33. The molecule has 3 rings (SSSR count). The second-order valence-corrected chi connectivity index (χ2v) is 7.21. The second-order valence-electron chi connectivity index (χ2n) is 7.21. The van der Waals surface area contributed by atoms with Gasteiger partial charge in [-0.15, -0.1) is 0 Å². The van der Waals surface area contributed by atoms with E-state index in [1.165, 1.54) is 57.2 Å². The van der Waals surface area contributed by atoms with Crippen molar-refractivity contribution in [1.82, 2.24) is 9.80 Å². The zero-order valence-corrected chi connectivity index (χ0v) is 15.0. The number of nitrogens with two attached hydrogens (primary N) is 1. The lowest BCUT2D eigenvalue weighted by Gasteiger charge is -2.35. The number of hydrogen-bond acceptors (Lipinski definition) is 4. The molecule has 4 nitrogen and oxygen atoms in total. The summed E-state index contributed by atoms with van der Waals surface area (Å²) in [6.45, 7) is 7.18. The fourth-order valence-corrected chi connectivity index (χ4v) is 4.00. The molecule has 1 atom stereocenters. The highest BCUT2D eigenvalue weighted by Gasteiger charge is 2.22. The molecule has 2 N–H and O–H groups in total. The van der Waals surface area contributed by atoms with Crippen molar-refractivity contribution in [1.29, 1.82) is 0 Å². The molecule has 0 aliphatic carbocycles. The van der Waals surface area contributed by atoms with E-state index in [-0.39, 0.29) is 0 Å². The van der Waals surface area contributed by atoms with Crippen LogP contribution in [0.2, 0.25) is 0 Å². The molecule has 1 aromatic carbocycles. The number of likely N-dealkylation sites (tertiary alicyclic amines) is 2. The van der Waals surface area contributed by atoms with E-state index < -0.39 is 0 Å². The summed E-state index contributed by atoms with van der Waals surface area (Å²) in [5, 5.41) is 0. The van der Waals surface area contributed by atoms with Gasteiger partial charge in [0.25, 0.3) is 0 Å². The average Bonchev–Trinajstić information content (AvgIpc) is 2.64. The summed E-state index contributed by atoms with van der Waals surface area (Å²) in [5.41, 5.74) is 7.27. The van der Waals surface area contributed by atoms with Gasteiger partial charge >= 0.3 is 0 Å². The Morgan fingerprint density at radius 2 is 1.79 bits per heavy atom. The molecule has 2 aliphatic rings. The van der Waals surface area contributed by atoms with Gasteiger partial charge in [-0.3, -0.25) is 9.80 Å². The minimum atomic E-state index is 0.528. The Morgan fingerprint density at radius 3 is 2.62 bits per heavy atom. The topological polar surface area (TPSA) is 41.7 Å². The molecule has 2 heterocycles. The minimum absolute atomic E-state index is 0.528. The third kappa shape index (κ3) is 4.95. The molecule has 0 aromatic heterocycles. The number of nitrogens with zero attached hydrogens (tertiary/aromatic N) is 2. The largest absolute Gasteiger partial charge is 0.492 e. The summed E-state index contributed by atoms with van der Waals surface area (Å²) in [6, 6.07) is 9.05. The summed E-state index contributed by atoms with van der Waals surface area (Å²) in [6.07, 6.45) is 7.89. The normalized spacial score (nSPS) is 23.3. The molecule has 0 amide bonds. The highest BCUT2D eigenvalue weighted by Crippen LogP contribution is 2.24. The third-order valence-electron chi connectivity index (χ3n) is 5.48. The zero-order valence-electron chi connectivity index (χ0n) is 15.0. The lowest BCUT2D eigenvalue weighted by Crippen LogP contribution is -2.43. The maximum Gasteiger partial charge on any atom is 0.123 e. The Morgan fingerprint density at radius 1 is 1.00 bits per heavy atom. The number of rotatable bonds is 7. The molecule has 2 saturated heterocycles. The Bertz CT molecular complexity index is 488. The lowest BCUT2D eigenvalue weighted by atomic mass is 10.0. The van der Waals surface area contributed by atoms with Crippen LogP contribution in [0.5, 0.6) is 5.75 Å². The number of ether oxygens (including phenoxy) is 1. The predicted octanol–water partition coefficient (Wildman–Crippen LogP) is 2.86. The highest BCUT2D eigenvalue weighted by atomic mass is 16.5. The van der Waals surface area contributed by atoms with Crippen molar-refractivity contribution in [3.05, 3.63) is 29.8 Å². The molecule has 0 bridgehead atoms. The second kappa shape index (κ2) is 9.40. The molecule has 0 radical (unpaired) electrons. The van der Waals surface area contributed by atoms with E-state index in [0.717, 1.165) is 38.5 Å². The fraction of sp³-hybridized carbons (Fsp3) is 0.700. The Balaban J connectivity index is 1.54. The molecule has 4 heteroatoms. The van der Waals surface area contributed by atoms with Crippen molar-refractivity contribution in [2.75, 3.05) is 39.3 Å². The van der Waals surface area contributed by atoms with E-state index in [1.54, 1.807) is 0 Å². The zero-order chi connectivity index (χ0) is 16.6. The van der Waals surface area contributed by atoms with E-state index in [1.807, 2.05) is 0 Å². The van der Waals surface area contributed by atoms with E-state index in [4.69, 9.17) is 10.5 Å². The minimum Gasteiger partial charge on any atom is -0.492 e. The first kappa shape index (κ1) is 17.7. The van der Waals surface area contributed by atoms with Crippen LogP contribution in [0.25, 0.3) is 0 Å². The van der Waals surface area contributed by atoms with E-state index >= 15 is 0 Å². The van der Waals surface area contributed by atoms with Gasteiger partial charge in [0.1, 0.15) is 12.4 Å². The molecule has 2 fully saturated rings. The monoisotopic (exact) mass is 331 g/mol. The van der Waals surface area contributed by atoms with Crippen LogP contribution in [0, 0.1) is 0 Å². The van der Waals surface area contributed by atoms with Gasteiger partial charge in [-0.25, -0.2) is 0 Å². The summed E-state index contributed by atoms with van der Waals surface area (Å²) in [7, 11) is 0. The van der Waals surface area contributed by atoms with Gasteiger partial charge < -0.3 is 10.5 Å². The first-order valence-corrected chi connectivity index (χ1v) is 9.74. The van der Waals surface area contributed by atoms with Gasteiger partial charge in [-0.1, -0.05) is 31.0 Å². The van der Waals surface area contributed by atoms with E-state index in [2.05, 4.69) is 34.1 Å². The molecule has 24 heavy (non-hydrogen) atoms. The van der Waals surface area contributed by atoms with Gasteiger partial charge in [0.2, 0.25) is 0 Å². The standard InChI is InChI=1S/C20H33N3O/c21-16-19-9-4-7-13-23(19)17-18-8-2-3-10-20(18)24-15-14-22-11-5-1-6-12-22/h2-3,8,10,19H,1,4-7,9,11-17,21H2/t19-/m0/s1. The summed E-state index contributed by atoms with van der Waals surface area (Å²) >= 11 is 0. The summed E-state index contributed by atoms with van der Waals surface area (Å²) < 4.78 is 6.15. The van der Waals surface area contributed by atoms with Crippen LogP contribution in [0.15, 0.2) is 24.3 Å². The van der Waals surface area contributed by atoms with Crippen LogP contribution in [-0.2, 0) is 6.54 Å². The van der Waals surface area contributed by atoms with Crippen LogP contribution in [-0.4, -0.2) is 55.2 Å². The Hall–Kier alpha value is -1.10. The fourth-order valence-electron chi connectivity index (χ4n) is 4.00. The van der Waals surface area contributed by atoms with Crippen LogP contribution in [0.4, 0.5) is 0 Å². The van der Waals surface area contributed by atoms with Crippen molar-refractivity contribution in [3.8, 4) is 5.75 Å². The first-order chi connectivity index (χ1) is 11.9. The van der Waals surface area contributed by atoms with E-state index in [9.17, 15) is 0 Å².